The standard InChI is InChI=1S/C18H15N3O4.ClH/c1-10-8-16(22)25-15-9-13(6-7-14(10)15)24-17(23)11-2-4-12(5-3-11)21-18(19)20;/h2-9H,1H3,(H4,19,20,21);1H. The van der Waals surface area contributed by atoms with Crippen LogP contribution >= 0.6 is 12.4 Å². The Kier molecular flexibility index (Phi) is 5.64. The average molecular weight is 374 g/mol. The van der Waals surface area contributed by atoms with Crippen molar-refractivity contribution in [3.63, 3.8) is 0 Å². The molecule has 0 saturated heterocycles. The van der Waals surface area contributed by atoms with Crippen molar-refractivity contribution >= 4 is 41.0 Å². The topological polar surface area (TPSA) is 121 Å². The number of guanidine groups is 1. The number of fused-ring (bicyclic) bond motifs is 1. The molecule has 8 heteroatoms. The number of halogens is 1. The van der Waals surface area contributed by atoms with Crippen molar-refractivity contribution in [3.8, 4) is 5.75 Å². The van der Waals surface area contributed by atoms with Gasteiger partial charge in [-0.25, -0.2) is 14.6 Å². The Balaban J connectivity index is 0.00000243. The Morgan fingerprint density at radius 1 is 1.08 bits per heavy atom. The van der Waals surface area contributed by atoms with Gasteiger partial charge in [0, 0.05) is 17.5 Å². The molecule has 0 fully saturated rings. The van der Waals surface area contributed by atoms with E-state index in [0.29, 0.717) is 16.8 Å². The predicted molar refractivity (Wildman–Crippen MR) is 101 cm³/mol. The number of carbonyl (C=O) groups excluding carboxylic acids is 1. The van der Waals surface area contributed by atoms with E-state index in [1.807, 2.05) is 6.92 Å². The van der Waals surface area contributed by atoms with E-state index < -0.39 is 11.6 Å². The zero-order valence-electron chi connectivity index (χ0n) is 13.8. The molecule has 26 heavy (non-hydrogen) atoms. The molecule has 0 radical (unpaired) electrons. The number of hydrogen-bond donors (Lipinski definition) is 2. The molecule has 0 bridgehead atoms. The van der Waals surface area contributed by atoms with Gasteiger partial charge in [-0.15, -0.1) is 12.4 Å². The number of nitrogens with zero attached hydrogens (tertiary/aromatic N) is 1. The number of esters is 1. The van der Waals surface area contributed by atoms with Crippen LogP contribution in [-0.2, 0) is 0 Å². The van der Waals surface area contributed by atoms with Gasteiger partial charge < -0.3 is 20.6 Å². The first-order chi connectivity index (χ1) is 11.9. The van der Waals surface area contributed by atoms with Crippen LogP contribution in [0.15, 0.2) is 62.7 Å². The van der Waals surface area contributed by atoms with Crippen LogP contribution in [0.2, 0.25) is 0 Å². The number of ether oxygens (including phenoxy) is 1. The molecule has 0 aliphatic rings. The maximum Gasteiger partial charge on any atom is 0.343 e. The zero-order valence-corrected chi connectivity index (χ0v) is 14.6. The molecule has 0 atom stereocenters. The predicted octanol–water partition coefficient (Wildman–Crippen LogP) is 2.65. The summed E-state index contributed by atoms with van der Waals surface area (Å²) in [4.78, 5) is 27.6. The molecule has 3 rings (SSSR count). The van der Waals surface area contributed by atoms with Crippen molar-refractivity contribution in [1.82, 2.24) is 0 Å². The van der Waals surface area contributed by atoms with Gasteiger partial charge in [0.2, 0.25) is 0 Å². The second-order valence-electron chi connectivity index (χ2n) is 5.38. The monoisotopic (exact) mass is 373 g/mol. The average Bonchev–Trinajstić information content (AvgIpc) is 2.54. The van der Waals surface area contributed by atoms with Crippen molar-refractivity contribution in [3.05, 3.63) is 70.1 Å². The first kappa shape index (κ1) is 19.0. The van der Waals surface area contributed by atoms with Crippen LogP contribution in [0.4, 0.5) is 5.69 Å². The third kappa shape index (κ3) is 4.20. The molecule has 0 amide bonds. The second kappa shape index (κ2) is 7.71. The maximum atomic E-state index is 12.2. The van der Waals surface area contributed by atoms with E-state index in [0.717, 1.165) is 10.9 Å². The van der Waals surface area contributed by atoms with Crippen LogP contribution in [0.1, 0.15) is 15.9 Å². The van der Waals surface area contributed by atoms with Gasteiger partial charge in [-0.3, -0.25) is 0 Å². The molecule has 4 N–H and O–H groups in total. The number of rotatable bonds is 3. The second-order valence-corrected chi connectivity index (χ2v) is 5.38. The number of carbonyl (C=O) groups is 1. The van der Waals surface area contributed by atoms with E-state index in [9.17, 15) is 9.59 Å². The first-order valence-electron chi connectivity index (χ1n) is 7.39. The van der Waals surface area contributed by atoms with E-state index in [1.54, 1.807) is 36.4 Å². The van der Waals surface area contributed by atoms with Crippen molar-refractivity contribution in [2.75, 3.05) is 0 Å². The lowest BCUT2D eigenvalue weighted by Crippen LogP contribution is -2.21. The van der Waals surface area contributed by atoms with Crippen molar-refractivity contribution < 1.29 is 13.9 Å². The van der Waals surface area contributed by atoms with Gasteiger partial charge in [0.15, 0.2) is 5.96 Å². The van der Waals surface area contributed by atoms with E-state index >= 15 is 0 Å². The molecular formula is C18H16ClN3O4. The zero-order chi connectivity index (χ0) is 18.0. The lowest BCUT2D eigenvalue weighted by Gasteiger charge is -2.06. The normalized spacial score (nSPS) is 10.0. The molecule has 0 saturated carbocycles. The Morgan fingerprint density at radius 3 is 2.42 bits per heavy atom. The van der Waals surface area contributed by atoms with Gasteiger partial charge in [-0.05, 0) is 48.9 Å². The molecular weight excluding hydrogens is 358 g/mol. The van der Waals surface area contributed by atoms with Gasteiger partial charge >= 0.3 is 11.6 Å². The largest absolute Gasteiger partial charge is 0.423 e. The third-order valence-corrected chi connectivity index (χ3v) is 3.49. The van der Waals surface area contributed by atoms with Crippen LogP contribution < -0.4 is 21.8 Å². The maximum absolute atomic E-state index is 12.2. The van der Waals surface area contributed by atoms with Crippen molar-refractivity contribution in [2.45, 2.75) is 6.92 Å². The fourth-order valence-electron chi connectivity index (χ4n) is 2.36. The molecule has 7 nitrogen and oxygen atoms in total. The molecule has 1 aromatic heterocycles. The highest BCUT2D eigenvalue weighted by Crippen LogP contribution is 2.23. The molecule has 3 aromatic rings. The van der Waals surface area contributed by atoms with E-state index in [1.165, 1.54) is 12.1 Å². The van der Waals surface area contributed by atoms with Gasteiger partial charge in [-0.1, -0.05) is 0 Å². The molecule has 0 spiro atoms. The van der Waals surface area contributed by atoms with Crippen molar-refractivity contribution in [1.29, 1.82) is 0 Å². The SMILES string of the molecule is Cc1cc(=O)oc2cc(OC(=O)c3ccc(N=C(N)N)cc3)ccc12.Cl. The molecule has 2 aromatic carbocycles. The van der Waals surface area contributed by atoms with E-state index in [-0.39, 0.29) is 24.1 Å². The van der Waals surface area contributed by atoms with Gasteiger partial charge in [0.25, 0.3) is 0 Å². The van der Waals surface area contributed by atoms with Crippen LogP contribution in [0, 0.1) is 6.92 Å². The summed E-state index contributed by atoms with van der Waals surface area (Å²) in [6, 6.07) is 12.6. The Bertz CT molecular complexity index is 1040. The summed E-state index contributed by atoms with van der Waals surface area (Å²) in [6.45, 7) is 1.81. The number of aryl methyl sites for hydroxylation is 1. The first-order valence-corrected chi connectivity index (χ1v) is 7.39. The van der Waals surface area contributed by atoms with Gasteiger partial charge in [0.05, 0.1) is 11.3 Å². The smallest absolute Gasteiger partial charge is 0.343 e. The Hall–Kier alpha value is -3.32. The summed E-state index contributed by atoms with van der Waals surface area (Å²) in [6.07, 6.45) is 0. The number of hydrogen-bond acceptors (Lipinski definition) is 5. The molecule has 1 heterocycles. The third-order valence-electron chi connectivity index (χ3n) is 3.49. The summed E-state index contributed by atoms with van der Waals surface area (Å²) < 4.78 is 10.5. The molecule has 0 aliphatic carbocycles. The van der Waals surface area contributed by atoms with Crippen LogP contribution in [0.3, 0.4) is 0 Å². The highest BCUT2D eigenvalue weighted by atomic mass is 35.5. The fourth-order valence-corrected chi connectivity index (χ4v) is 2.36. The highest BCUT2D eigenvalue weighted by Gasteiger charge is 2.10. The minimum absolute atomic E-state index is 0. The van der Waals surface area contributed by atoms with Gasteiger partial charge in [0.1, 0.15) is 11.3 Å². The minimum Gasteiger partial charge on any atom is -0.423 e. The summed E-state index contributed by atoms with van der Waals surface area (Å²) in [5.41, 5.74) is 12.1. The number of aliphatic imine (C=N–C) groups is 1. The fraction of sp³-hybridized carbons (Fsp3) is 0.0556. The number of benzene rings is 2. The lowest BCUT2D eigenvalue weighted by molar-refractivity contribution is 0.0735. The minimum atomic E-state index is -0.550. The summed E-state index contributed by atoms with van der Waals surface area (Å²) in [5.74, 6) is -0.339. The highest BCUT2D eigenvalue weighted by molar-refractivity contribution is 5.92. The summed E-state index contributed by atoms with van der Waals surface area (Å²) in [7, 11) is 0. The van der Waals surface area contributed by atoms with Crippen LogP contribution in [0.5, 0.6) is 5.75 Å². The van der Waals surface area contributed by atoms with Gasteiger partial charge in [-0.2, -0.15) is 0 Å². The lowest BCUT2D eigenvalue weighted by atomic mass is 10.1. The van der Waals surface area contributed by atoms with E-state index in [2.05, 4.69) is 4.99 Å². The quantitative estimate of drug-likeness (QED) is 0.239. The summed E-state index contributed by atoms with van der Waals surface area (Å²) in [5, 5.41) is 0.779. The molecule has 134 valence electrons. The van der Waals surface area contributed by atoms with E-state index in [4.69, 9.17) is 20.6 Å². The molecule has 0 aliphatic heterocycles. The Labute approximate surface area is 154 Å². The number of nitrogens with two attached hydrogens (primary N) is 2. The van der Waals surface area contributed by atoms with Crippen LogP contribution in [-0.4, -0.2) is 11.9 Å². The van der Waals surface area contributed by atoms with Crippen molar-refractivity contribution in [2.24, 2.45) is 16.5 Å². The summed E-state index contributed by atoms with van der Waals surface area (Å²) >= 11 is 0. The Morgan fingerprint density at radius 2 is 1.77 bits per heavy atom. The molecule has 0 unspecified atom stereocenters. The van der Waals surface area contributed by atoms with Crippen LogP contribution in [0.25, 0.3) is 11.0 Å².